The number of aryl methyl sites for hydroxylation is 1. The van der Waals surface area contributed by atoms with Crippen LogP contribution in [-0.2, 0) is 22.4 Å². The maximum atomic E-state index is 15.0. The highest BCUT2D eigenvalue weighted by atomic mass is 35.5. The first-order valence-electron chi connectivity index (χ1n) is 11.9. The summed E-state index contributed by atoms with van der Waals surface area (Å²) in [5.74, 6) is 1.21. The molecule has 5 heterocycles. The number of benzene rings is 1. The monoisotopic (exact) mass is 484 g/mol. The highest BCUT2D eigenvalue weighted by molar-refractivity contribution is 6.30. The summed E-state index contributed by atoms with van der Waals surface area (Å²) >= 11 is 6.01. The molecule has 2 atom stereocenters. The van der Waals surface area contributed by atoms with Crippen LogP contribution in [0.3, 0.4) is 0 Å². The molecule has 0 amide bonds. The van der Waals surface area contributed by atoms with Gasteiger partial charge in [0, 0.05) is 49.2 Å². The molecule has 0 bridgehead atoms. The minimum Gasteiger partial charge on any atom is -0.381 e. The predicted octanol–water partition coefficient (Wildman–Crippen LogP) is 3.83. The van der Waals surface area contributed by atoms with Crippen LogP contribution in [0.5, 0.6) is 0 Å². The first-order chi connectivity index (χ1) is 16.6. The quantitative estimate of drug-likeness (QED) is 0.563. The van der Waals surface area contributed by atoms with Crippen LogP contribution >= 0.6 is 11.6 Å². The molecular formula is C25H26ClFN4O3. The summed E-state index contributed by atoms with van der Waals surface area (Å²) in [6.45, 7) is 4.01. The van der Waals surface area contributed by atoms with E-state index in [-0.39, 0.29) is 17.2 Å². The van der Waals surface area contributed by atoms with Gasteiger partial charge >= 0.3 is 0 Å². The second-order valence-electron chi connectivity index (χ2n) is 9.27. The van der Waals surface area contributed by atoms with Crippen LogP contribution in [0, 0.1) is 11.7 Å². The highest BCUT2D eigenvalue weighted by Gasteiger charge is 2.31. The minimum atomic E-state index is -0.486. The normalized spacial score (nSPS) is 22.8. The van der Waals surface area contributed by atoms with Crippen LogP contribution in [0.25, 0.3) is 22.2 Å². The Labute approximate surface area is 201 Å². The third-order valence-corrected chi connectivity index (χ3v) is 7.35. The molecule has 1 aromatic carbocycles. The number of pyridine rings is 1. The minimum absolute atomic E-state index is 0.0292. The molecule has 34 heavy (non-hydrogen) atoms. The zero-order valence-corrected chi connectivity index (χ0v) is 19.6. The molecule has 0 saturated carbocycles. The second kappa shape index (κ2) is 8.91. The Morgan fingerprint density at radius 2 is 2.03 bits per heavy atom. The fraction of sp³-hybridized carbons (Fsp3) is 0.480. The van der Waals surface area contributed by atoms with Crippen molar-refractivity contribution in [3.8, 4) is 11.3 Å². The lowest BCUT2D eigenvalue weighted by Crippen LogP contribution is -2.48. The van der Waals surface area contributed by atoms with Crippen molar-refractivity contribution in [3.63, 3.8) is 0 Å². The van der Waals surface area contributed by atoms with Crippen LogP contribution in [0.1, 0.15) is 25.1 Å². The molecular weight excluding hydrogens is 459 g/mol. The molecule has 7 nitrogen and oxygen atoms in total. The van der Waals surface area contributed by atoms with Gasteiger partial charge in [-0.1, -0.05) is 11.6 Å². The van der Waals surface area contributed by atoms with E-state index < -0.39 is 5.82 Å². The Hall–Kier alpha value is -2.55. The Bertz CT molecular complexity index is 1310. The van der Waals surface area contributed by atoms with Crippen LogP contribution in [0.4, 0.5) is 10.2 Å². The second-order valence-corrected chi connectivity index (χ2v) is 9.71. The number of morpholine rings is 1. The molecule has 0 aliphatic carbocycles. The average Bonchev–Trinajstić information content (AvgIpc) is 3.34. The lowest BCUT2D eigenvalue weighted by molar-refractivity contribution is -0.0524. The van der Waals surface area contributed by atoms with Crippen molar-refractivity contribution in [2.24, 2.45) is 5.92 Å². The van der Waals surface area contributed by atoms with Gasteiger partial charge < -0.3 is 14.4 Å². The van der Waals surface area contributed by atoms with Crippen LogP contribution < -0.4 is 10.5 Å². The van der Waals surface area contributed by atoms with Gasteiger partial charge in [0.1, 0.15) is 28.7 Å². The third kappa shape index (κ3) is 3.87. The largest absolute Gasteiger partial charge is 0.381 e. The number of rotatable bonds is 3. The lowest BCUT2D eigenvalue weighted by Gasteiger charge is -2.39. The van der Waals surface area contributed by atoms with Crippen LogP contribution in [0.15, 0.2) is 29.1 Å². The summed E-state index contributed by atoms with van der Waals surface area (Å²) in [5, 5.41) is 0.769. The van der Waals surface area contributed by atoms with Crippen molar-refractivity contribution in [2.75, 3.05) is 37.8 Å². The molecule has 3 aliphatic heterocycles. The van der Waals surface area contributed by atoms with E-state index in [1.165, 1.54) is 6.07 Å². The molecule has 2 fully saturated rings. The molecule has 2 saturated heterocycles. The predicted molar refractivity (Wildman–Crippen MR) is 128 cm³/mol. The number of aromatic nitrogens is 3. The van der Waals surface area contributed by atoms with Gasteiger partial charge in [0.2, 0.25) is 0 Å². The Morgan fingerprint density at radius 1 is 1.12 bits per heavy atom. The van der Waals surface area contributed by atoms with Crippen molar-refractivity contribution in [3.05, 3.63) is 51.3 Å². The van der Waals surface area contributed by atoms with Crippen molar-refractivity contribution in [2.45, 2.75) is 38.3 Å². The third-order valence-electron chi connectivity index (χ3n) is 7.11. The molecule has 3 aliphatic rings. The first kappa shape index (κ1) is 21.9. The zero-order chi connectivity index (χ0) is 23.2. The molecule has 2 unspecified atom stereocenters. The summed E-state index contributed by atoms with van der Waals surface area (Å²) in [6, 6.07) is 6.32. The number of hydrogen-bond donors (Lipinski definition) is 0. The molecule has 9 heteroatoms. The Balaban J connectivity index is 1.48. The van der Waals surface area contributed by atoms with E-state index in [1.54, 1.807) is 16.7 Å². The van der Waals surface area contributed by atoms with E-state index in [0.29, 0.717) is 66.2 Å². The van der Waals surface area contributed by atoms with Gasteiger partial charge in [-0.15, -0.1) is 0 Å². The van der Waals surface area contributed by atoms with Crippen molar-refractivity contribution >= 4 is 28.3 Å². The lowest BCUT2D eigenvalue weighted by atomic mass is 9.94. The summed E-state index contributed by atoms with van der Waals surface area (Å²) < 4.78 is 28.5. The summed E-state index contributed by atoms with van der Waals surface area (Å²) in [4.78, 5) is 25.2. The Morgan fingerprint density at radius 3 is 2.85 bits per heavy atom. The molecule has 0 N–H and O–H groups in total. The summed E-state index contributed by atoms with van der Waals surface area (Å²) in [5.41, 5.74) is 1.01. The average molecular weight is 485 g/mol. The van der Waals surface area contributed by atoms with E-state index in [9.17, 15) is 4.79 Å². The molecule has 6 rings (SSSR count). The van der Waals surface area contributed by atoms with Gasteiger partial charge in [-0.2, -0.15) is 0 Å². The number of nitrogens with zero attached hydrogens (tertiary/aromatic N) is 4. The zero-order valence-electron chi connectivity index (χ0n) is 18.8. The summed E-state index contributed by atoms with van der Waals surface area (Å²) in [7, 11) is 0. The van der Waals surface area contributed by atoms with Gasteiger partial charge in [-0.05, 0) is 43.5 Å². The van der Waals surface area contributed by atoms with Crippen LogP contribution in [0.2, 0.25) is 5.02 Å². The maximum Gasteiger partial charge on any atom is 0.261 e. The number of fused-ring (bicyclic) bond motifs is 2. The molecule has 2 aromatic heterocycles. The fourth-order valence-corrected chi connectivity index (χ4v) is 5.49. The van der Waals surface area contributed by atoms with E-state index in [4.69, 9.17) is 31.0 Å². The smallest absolute Gasteiger partial charge is 0.261 e. The standard InChI is InChI=1S/C25H26ClFN4O3/c26-16-5-6-17(19(27)11-16)23-24-18(25(32)31-7-1-4-21(31)28-24)12-22(29-23)30-8-10-34-20(13-30)15-3-2-9-33-14-15/h5-6,11-12,15,20H,1-4,7-10,13-14H2. The van der Waals surface area contributed by atoms with E-state index >= 15 is 4.39 Å². The van der Waals surface area contributed by atoms with Gasteiger partial charge in [0.15, 0.2) is 0 Å². The number of anilines is 1. The van der Waals surface area contributed by atoms with Gasteiger partial charge in [0.05, 0.1) is 24.7 Å². The molecule has 178 valence electrons. The summed E-state index contributed by atoms with van der Waals surface area (Å²) in [6.07, 6.45) is 3.73. The van der Waals surface area contributed by atoms with Crippen LogP contribution in [-0.4, -0.2) is 53.5 Å². The van der Waals surface area contributed by atoms with E-state index in [1.807, 2.05) is 6.07 Å². The first-order valence-corrected chi connectivity index (χ1v) is 12.3. The number of ether oxygens (including phenoxy) is 2. The van der Waals surface area contributed by atoms with E-state index in [0.717, 1.165) is 38.1 Å². The van der Waals surface area contributed by atoms with Crippen molar-refractivity contribution in [1.82, 2.24) is 14.5 Å². The van der Waals surface area contributed by atoms with E-state index in [2.05, 4.69) is 4.90 Å². The SMILES string of the molecule is O=c1c2cc(N3CCOC(C4CCCOC4)C3)nc(-c3ccc(Cl)cc3F)c2nc2n1CCC2. The molecule has 0 spiro atoms. The fourth-order valence-electron chi connectivity index (χ4n) is 5.33. The van der Waals surface area contributed by atoms with Gasteiger partial charge in [-0.25, -0.2) is 14.4 Å². The van der Waals surface area contributed by atoms with Gasteiger partial charge in [0.25, 0.3) is 5.56 Å². The number of hydrogen-bond acceptors (Lipinski definition) is 6. The topological polar surface area (TPSA) is 69.5 Å². The van der Waals surface area contributed by atoms with Crippen molar-refractivity contribution in [1.29, 1.82) is 0 Å². The highest BCUT2D eigenvalue weighted by Crippen LogP contribution is 2.33. The molecule has 3 aromatic rings. The van der Waals surface area contributed by atoms with Crippen molar-refractivity contribution < 1.29 is 13.9 Å². The van der Waals surface area contributed by atoms with Gasteiger partial charge in [-0.3, -0.25) is 9.36 Å². The maximum absolute atomic E-state index is 15.0. The number of halogens is 2. The Kier molecular flexibility index (Phi) is 5.75. The molecule has 0 radical (unpaired) electrons.